The first-order valence-corrected chi connectivity index (χ1v) is 8.35. The van der Waals surface area contributed by atoms with Crippen molar-refractivity contribution in [3.05, 3.63) is 56.5 Å². The molecule has 0 saturated carbocycles. The molecule has 120 valence electrons. The number of carbonyl (C=O) groups excluding carboxylic acids is 1. The summed E-state index contributed by atoms with van der Waals surface area (Å²) in [7, 11) is 0. The molecule has 23 heavy (non-hydrogen) atoms. The van der Waals surface area contributed by atoms with Crippen molar-refractivity contribution in [2.75, 3.05) is 6.61 Å². The molecule has 5 nitrogen and oxygen atoms in total. The van der Waals surface area contributed by atoms with Crippen molar-refractivity contribution in [1.82, 2.24) is 5.43 Å². The van der Waals surface area contributed by atoms with Gasteiger partial charge in [0, 0.05) is 15.6 Å². The predicted octanol–water partition coefficient (Wildman–Crippen LogP) is 4.08. The zero-order valence-corrected chi connectivity index (χ0v) is 15.4. The molecule has 0 spiro atoms. The van der Waals surface area contributed by atoms with Crippen molar-refractivity contribution in [3.63, 3.8) is 0 Å². The maximum absolute atomic E-state index is 11.9. The molecular weight excluding hydrogens is 428 g/mol. The Bertz CT molecular complexity index is 734. The monoisotopic (exact) mass is 440 g/mol. The Balaban J connectivity index is 2.18. The summed E-state index contributed by atoms with van der Waals surface area (Å²) in [6, 6.07) is 10.4. The Labute approximate surface area is 150 Å². The van der Waals surface area contributed by atoms with E-state index in [0.29, 0.717) is 32.4 Å². The number of hydrazone groups is 1. The van der Waals surface area contributed by atoms with Crippen molar-refractivity contribution in [3.8, 4) is 11.5 Å². The number of hydrogen-bond acceptors (Lipinski definition) is 4. The van der Waals surface area contributed by atoms with Gasteiger partial charge in [-0.3, -0.25) is 4.79 Å². The van der Waals surface area contributed by atoms with Crippen LogP contribution in [0.25, 0.3) is 0 Å². The van der Waals surface area contributed by atoms with Crippen LogP contribution in [-0.4, -0.2) is 23.8 Å². The normalized spacial score (nSPS) is 10.7. The molecule has 0 aliphatic carbocycles. The SMILES string of the molecule is CCOc1cc(/C=N/NC(=O)c2ccccc2)c(Br)c(Br)c1O. The van der Waals surface area contributed by atoms with E-state index in [9.17, 15) is 9.90 Å². The number of phenolic OH excluding ortho intramolecular Hbond substituents is 1. The smallest absolute Gasteiger partial charge is 0.271 e. The van der Waals surface area contributed by atoms with Gasteiger partial charge in [-0.1, -0.05) is 18.2 Å². The van der Waals surface area contributed by atoms with Crippen LogP contribution in [0, 0.1) is 0 Å². The first-order chi connectivity index (χ1) is 11.0. The third-order valence-corrected chi connectivity index (χ3v) is 5.04. The highest BCUT2D eigenvalue weighted by atomic mass is 79.9. The van der Waals surface area contributed by atoms with Gasteiger partial charge in [-0.15, -0.1) is 0 Å². The highest BCUT2D eigenvalue weighted by molar-refractivity contribution is 9.13. The third-order valence-electron chi connectivity index (χ3n) is 2.88. The molecule has 0 aliphatic rings. The average Bonchev–Trinajstić information content (AvgIpc) is 2.57. The highest BCUT2D eigenvalue weighted by Gasteiger charge is 2.14. The number of benzene rings is 2. The van der Waals surface area contributed by atoms with Gasteiger partial charge in [0.15, 0.2) is 11.5 Å². The quantitative estimate of drug-likeness (QED) is 0.542. The number of nitrogens with one attached hydrogen (secondary N) is 1. The van der Waals surface area contributed by atoms with Crippen molar-refractivity contribution >= 4 is 44.0 Å². The largest absolute Gasteiger partial charge is 0.503 e. The standard InChI is InChI=1S/C16H14Br2N2O3/c1-2-23-12-8-11(13(17)14(18)15(12)21)9-19-20-16(22)10-6-4-3-5-7-10/h3-9,21H,2H2,1H3,(H,20,22)/b19-9+. The van der Waals surface area contributed by atoms with E-state index in [2.05, 4.69) is 42.4 Å². The van der Waals surface area contributed by atoms with Gasteiger partial charge in [0.05, 0.1) is 17.3 Å². The molecular formula is C16H14Br2N2O3. The van der Waals surface area contributed by atoms with E-state index < -0.39 is 0 Å². The lowest BCUT2D eigenvalue weighted by Crippen LogP contribution is -2.17. The van der Waals surface area contributed by atoms with E-state index in [1.54, 1.807) is 30.3 Å². The van der Waals surface area contributed by atoms with Gasteiger partial charge >= 0.3 is 0 Å². The van der Waals surface area contributed by atoms with Crippen LogP contribution in [0.2, 0.25) is 0 Å². The molecule has 0 heterocycles. The number of phenols is 1. The van der Waals surface area contributed by atoms with Crippen LogP contribution in [0.3, 0.4) is 0 Å². The lowest BCUT2D eigenvalue weighted by molar-refractivity contribution is 0.0955. The summed E-state index contributed by atoms with van der Waals surface area (Å²) in [5, 5.41) is 13.9. The van der Waals surface area contributed by atoms with Crippen molar-refractivity contribution in [2.24, 2.45) is 5.10 Å². The molecule has 0 atom stereocenters. The molecule has 0 saturated heterocycles. The Kier molecular flexibility index (Phi) is 6.18. The van der Waals surface area contributed by atoms with E-state index in [0.717, 1.165) is 0 Å². The Morgan fingerprint density at radius 1 is 1.30 bits per heavy atom. The summed E-state index contributed by atoms with van der Waals surface area (Å²) in [4.78, 5) is 11.9. The molecule has 0 bridgehead atoms. The van der Waals surface area contributed by atoms with E-state index >= 15 is 0 Å². The van der Waals surface area contributed by atoms with E-state index in [4.69, 9.17) is 4.74 Å². The predicted molar refractivity (Wildman–Crippen MR) is 96.2 cm³/mol. The third kappa shape index (κ3) is 4.33. The number of amides is 1. The van der Waals surface area contributed by atoms with Gasteiger partial charge in [0.1, 0.15) is 0 Å². The molecule has 2 aromatic rings. The summed E-state index contributed by atoms with van der Waals surface area (Å²) < 4.78 is 6.43. The first-order valence-electron chi connectivity index (χ1n) is 6.76. The van der Waals surface area contributed by atoms with Gasteiger partial charge in [0.25, 0.3) is 5.91 Å². The number of carbonyl (C=O) groups is 1. The Morgan fingerprint density at radius 2 is 2.00 bits per heavy atom. The molecule has 0 fully saturated rings. The number of rotatable bonds is 5. The first kappa shape index (κ1) is 17.5. The van der Waals surface area contributed by atoms with Crippen molar-refractivity contribution in [2.45, 2.75) is 6.92 Å². The van der Waals surface area contributed by atoms with E-state index in [1.165, 1.54) is 6.21 Å². The van der Waals surface area contributed by atoms with E-state index in [-0.39, 0.29) is 11.7 Å². The molecule has 0 aliphatic heterocycles. The minimum absolute atomic E-state index is 0.00389. The van der Waals surface area contributed by atoms with Crippen LogP contribution in [0.5, 0.6) is 11.5 Å². The number of ether oxygens (including phenoxy) is 1. The van der Waals surface area contributed by atoms with Gasteiger partial charge in [-0.05, 0) is 57.0 Å². The van der Waals surface area contributed by atoms with Gasteiger partial charge in [0.2, 0.25) is 0 Å². The second-order valence-corrected chi connectivity index (χ2v) is 6.02. The lowest BCUT2D eigenvalue weighted by Gasteiger charge is -2.10. The fraction of sp³-hybridized carbons (Fsp3) is 0.125. The van der Waals surface area contributed by atoms with Crippen LogP contribution in [0.4, 0.5) is 0 Å². The minimum Gasteiger partial charge on any atom is -0.503 e. The fourth-order valence-corrected chi connectivity index (χ4v) is 2.61. The Morgan fingerprint density at radius 3 is 2.65 bits per heavy atom. The molecule has 2 N–H and O–H groups in total. The maximum Gasteiger partial charge on any atom is 0.271 e. The summed E-state index contributed by atoms with van der Waals surface area (Å²) in [5.41, 5.74) is 3.62. The number of aromatic hydroxyl groups is 1. The van der Waals surface area contributed by atoms with Gasteiger partial charge < -0.3 is 9.84 Å². The zero-order valence-electron chi connectivity index (χ0n) is 12.2. The van der Waals surface area contributed by atoms with Crippen LogP contribution < -0.4 is 10.2 Å². The lowest BCUT2D eigenvalue weighted by atomic mass is 10.2. The van der Waals surface area contributed by atoms with Crippen LogP contribution in [0.15, 0.2) is 50.4 Å². The van der Waals surface area contributed by atoms with Crippen LogP contribution in [-0.2, 0) is 0 Å². The number of halogens is 2. The number of nitrogens with zero attached hydrogens (tertiary/aromatic N) is 1. The summed E-state index contributed by atoms with van der Waals surface area (Å²) in [6.45, 7) is 2.24. The molecule has 2 aromatic carbocycles. The second kappa shape index (κ2) is 8.12. The summed E-state index contributed by atoms with van der Waals surface area (Å²) in [5.74, 6) is 0.0310. The van der Waals surface area contributed by atoms with E-state index in [1.807, 2.05) is 13.0 Å². The molecule has 1 amide bonds. The van der Waals surface area contributed by atoms with Crippen molar-refractivity contribution in [1.29, 1.82) is 0 Å². The molecule has 0 aromatic heterocycles. The molecule has 2 rings (SSSR count). The maximum atomic E-state index is 11.9. The fourth-order valence-electron chi connectivity index (χ4n) is 1.79. The summed E-state index contributed by atoms with van der Waals surface area (Å²) in [6.07, 6.45) is 1.47. The molecule has 7 heteroatoms. The van der Waals surface area contributed by atoms with Gasteiger partial charge in [-0.2, -0.15) is 5.10 Å². The topological polar surface area (TPSA) is 70.9 Å². The minimum atomic E-state index is -0.305. The number of hydrogen-bond donors (Lipinski definition) is 2. The highest BCUT2D eigenvalue weighted by Crippen LogP contribution is 2.41. The van der Waals surface area contributed by atoms with Crippen molar-refractivity contribution < 1.29 is 14.6 Å². The average molecular weight is 442 g/mol. The molecule has 0 unspecified atom stereocenters. The van der Waals surface area contributed by atoms with Gasteiger partial charge in [-0.25, -0.2) is 5.43 Å². The second-order valence-electron chi connectivity index (χ2n) is 4.44. The molecule has 0 radical (unpaired) electrons. The summed E-state index contributed by atoms with van der Waals surface area (Å²) >= 11 is 6.64. The Hall–Kier alpha value is -1.86. The zero-order chi connectivity index (χ0) is 16.8. The van der Waals surface area contributed by atoms with Crippen LogP contribution >= 0.6 is 31.9 Å². The van der Waals surface area contributed by atoms with Crippen LogP contribution in [0.1, 0.15) is 22.8 Å².